The largest absolute Gasteiger partial charge is 0.497 e. The molecule has 1 saturated heterocycles. The molecule has 34 heavy (non-hydrogen) atoms. The number of ether oxygens (including phenoxy) is 3. The molecule has 0 radical (unpaired) electrons. The second-order valence-corrected chi connectivity index (χ2v) is 8.73. The molecule has 4 rings (SSSR count). The van der Waals surface area contributed by atoms with E-state index in [1.807, 2.05) is 41.3 Å². The van der Waals surface area contributed by atoms with Gasteiger partial charge in [-0.05, 0) is 67.1 Å². The fourth-order valence-electron chi connectivity index (χ4n) is 4.85. The van der Waals surface area contributed by atoms with Gasteiger partial charge in [-0.1, -0.05) is 12.1 Å². The molecule has 2 aromatic carbocycles. The van der Waals surface area contributed by atoms with Crippen LogP contribution < -0.4 is 19.5 Å². The summed E-state index contributed by atoms with van der Waals surface area (Å²) in [6.45, 7) is 3.78. The Kier molecular flexibility index (Phi) is 7.14. The average Bonchev–Trinajstić information content (AvgIpc) is 3.41. The summed E-state index contributed by atoms with van der Waals surface area (Å²) < 4.78 is 16.4. The van der Waals surface area contributed by atoms with Crippen molar-refractivity contribution in [1.82, 2.24) is 15.1 Å². The summed E-state index contributed by atoms with van der Waals surface area (Å²) in [7, 11) is 4.85. The van der Waals surface area contributed by atoms with Crippen LogP contribution in [0.1, 0.15) is 42.5 Å². The van der Waals surface area contributed by atoms with Crippen LogP contribution in [-0.4, -0.2) is 68.7 Å². The Balaban J connectivity index is 1.66. The van der Waals surface area contributed by atoms with Crippen molar-refractivity contribution >= 4 is 11.9 Å². The number of carbonyl (C=O) groups excluding carboxylic acids is 2. The topological polar surface area (TPSA) is 80.3 Å². The molecule has 3 amide bonds. The molecule has 0 spiro atoms. The highest BCUT2D eigenvalue weighted by atomic mass is 16.5. The van der Waals surface area contributed by atoms with Crippen molar-refractivity contribution in [2.45, 2.75) is 38.3 Å². The maximum atomic E-state index is 13.5. The Morgan fingerprint density at radius 2 is 1.59 bits per heavy atom. The summed E-state index contributed by atoms with van der Waals surface area (Å²) in [6, 6.07) is 10.4. The minimum atomic E-state index is -0.589. The SMILES string of the molecule is COc1ccc(C2c3cc(OC)c(OC)cc3CCN2C(=O)NC(C)C(=O)N2CCCC2)cc1. The van der Waals surface area contributed by atoms with Crippen LogP contribution in [0.25, 0.3) is 0 Å². The van der Waals surface area contributed by atoms with Gasteiger partial charge in [0.2, 0.25) is 5.91 Å². The van der Waals surface area contributed by atoms with E-state index in [1.54, 1.807) is 33.2 Å². The van der Waals surface area contributed by atoms with Gasteiger partial charge in [-0.2, -0.15) is 0 Å². The van der Waals surface area contributed by atoms with Gasteiger partial charge in [-0.15, -0.1) is 0 Å². The van der Waals surface area contributed by atoms with Gasteiger partial charge in [0.15, 0.2) is 11.5 Å². The lowest BCUT2D eigenvalue weighted by molar-refractivity contribution is -0.131. The number of hydrogen-bond acceptors (Lipinski definition) is 5. The summed E-state index contributed by atoms with van der Waals surface area (Å²) in [4.78, 5) is 29.9. The third-order valence-electron chi connectivity index (χ3n) is 6.69. The van der Waals surface area contributed by atoms with Crippen LogP contribution in [0.2, 0.25) is 0 Å². The molecule has 2 aromatic rings. The van der Waals surface area contributed by atoms with Crippen molar-refractivity contribution in [3.63, 3.8) is 0 Å². The lowest BCUT2D eigenvalue weighted by atomic mass is 9.87. The van der Waals surface area contributed by atoms with Crippen LogP contribution in [0, 0.1) is 0 Å². The van der Waals surface area contributed by atoms with E-state index in [0.29, 0.717) is 24.5 Å². The second kappa shape index (κ2) is 10.2. The van der Waals surface area contributed by atoms with Gasteiger partial charge in [-0.25, -0.2) is 4.79 Å². The molecule has 2 heterocycles. The summed E-state index contributed by atoms with van der Waals surface area (Å²) in [5, 5.41) is 2.95. The number of methoxy groups -OCH3 is 3. The van der Waals surface area contributed by atoms with E-state index in [0.717, 1.165) is 48.4 Å². The lowest BCUT2D eigenvalue weighted by Gasteiger charge is -2.38. The molecule has 2 aliphatic heterocycles. The van der Waals surface area contributed by atoms with E-state index < -0.39 is 6.04 Å². The van der Waals surface area contributed by atoms with Crippen LogP contribution in [0.3, 0.4) is 0 Å². The number of nitrogens with zero attached hydrogens (tertiary/aromatic N) is 2. The van der Waals surface area contributed by atoms with E-state index in [4.69, 9.17) is 14.2 Å². The van der Waals surface area contributed by atoms with E-state index in [-0.39, 0.29) is 18.0 Å². The minimum Gasteiger partial charge on any atom is -0.497 e. The third-order valence-corrected chi connectivity index (χ3v) is 6.69. The molecule has 0 aromatic heterocycles. The Labute approximate surface area is 200 Å². The summed E-state index contributed by atoms with van der Waals surface area (Å²) in [5.74, 6) is 1.99. The molecule has 2 unspecified atom stereocenters. The molecular formula is C26H33N3O5. The quantitative estimate of drug-likeness (QED) is 0.705. The van der Waals surface area contributed by atoms with Gasteiger partial charge in [-0.3, -0.25) is 4.79 Å². The monoisotopic (exact) mass is 467 g/mol. The summed E-state index contributed by atoms with van der Waals surface area (Å²) in [6.07, 6.45) is 2.70. The Bertz CT molecular complexity index is 1030. The molecule has 8 nitrogen and oxygen atoms in total. The van der Waals surface area contributed by atoms with Crippen LogP contribution in [0.4, 0.5) is 4.79 Å². The highest BCUT2D eigenvalue weighted by molar-refractivity contribution is 5.87. The van der Waals surface area contributed by atoms with E-state index in [2.05, 4.69) is 5.32 Å². The van der Waals surface area contributed by atoms with Gasteiger partial charge in [0.1, 0.15) is 11.8 Å². The number of rotatable bonds is 6. The predicted molar refractivity (Wildman–Crippen MR) is 129 cm³/mol. The molecule has 182 valence electrons. The minimum absolute atomic E-state index is 0.0318. The van der Waals surface area contributed by atoms with Gasteiger partial charge >= 0.3 is 6.03 Å². The van der Waals surface area contributed by atoms with Gasteiger partial charge in [0.05, 0.1) is 27.4 Å². The maximum absolute atomic E-state index is 13.5. The number of likely N-dealkylation sites (tertiary alicyclic amines) is 1. The maximum Gasteiger partial charge on any atom is 0.318 e. The van der Waals surface area contributed by atoms with Crippen molar-refractivity contribution in [2.24, 2.45) is 0 Å². The van der Waals surface area contributed by atoms with Crippen molar-refractivity contribution in [1.29, 1.82) is 0 Å². The van der Waals surface area contributed by atoms with Crippen LogP contribution in [0.15, 0.2) is 36.4 Å². The smallest absolute Gasteiger partial charge is 0.318 e. The Hall–Kier alpha value is -3.42. The molecule has 8 heteroatoms. The van der Waals surface area contributed by atoms with Gasteiger partial charge in [0.25, 0.3) is 0 Å². The normalized spacial score (nSPS) is 18.2. The first-order chi connectivity index (χ1) is 16.5. The molecule has 2 atom stereocenters. The highest BCUT2D eigenvalue weighted by Gasteiger charge is 2.35. The third kappa shape index (κ3) is 4.62. The van der Waals surface area contributed by atoms with Crippen LogP contribution >= 0.6 is 0 Å². The Morgan fingerprint density at radius 3 is 2.21 bits per heavy atom. The molecular weight excluding hydrogens is 434 g/mol. The predicted octanol–water partition coefficient (Wildman–Crippen LogP) is 3.38. The van der Waals surface area contributed by atoms with E-state index in [9.17, 15) is 9.59 Å². The van der Waals surface area contributed by atoms with Crippen molar-refractivity contribution in [2.75, 3.05) is 41.0 Å². The second-order valence-electron chi connectivity index (χ2n) is 8.73. The van der Waals surface area contributed by atoms with Crippen LogP contribution in [0.5, 0.6) is 17.2 Å². The van der Waals surface area contributed by atoms with E-state index in [1.165, 1.54) is 0 Å². The number of urea groups is 1. The highest BCUT2D eigenvalue weighted by Crippen LogP contribution is 2.41. The molecule has 0 aliphatic carbocycles. The number of benzene rings is 2. The first kappa shape index (κ1) is 23.7. The zero-order valence-electron chi connectivity index (χ0n) is 20.3. The van der Waals surface area contributed by atoms with E-state index >= 15 is 0 Å². The Morgan fingerprint density at radius 1 is 0.941 bits per heavy atom. The standard InChI is InChI=1S/C26H33N3O5/c1-17(25(30)28-12-5-6-13-28)27-26(31)29-14-11-19-15-22(33-3)23(34-4)16-21(19)24(29)18-7-9-20(32-2)10-8-18/h7-10,15-17,24H,5-6,11-14H2,1-4H3,(H,27,31). The lowest BCUT2D eigenvalue weighted by Crippen LogP contribution is -2.52. The van der Waals surface area contributed by atoms with Crippen molar-refractivity contribution < 1.29 is 23.8 Å². The molecule has 0 bridgehead atoms. The zero-order valence-corrected chi connectivity index (χ0v) is 20.3. The summed E-state index contributed by atoms with van der Waals surface area (Å²) in [5.41, 5.74) is 3.02. The average molecular weight is 468 g/mol. The molecule has 2 aliphatic rings. The number of carbonyl (C=O) groups is 2. The van der Waals surface area contributed by atoms with Crippen LogP contribution in [-0.2, 0) is 11.2 Å². The zero-order chi connectivity index (χ0) is 24.2. The fourth-order valence-corrected chi connectivity index (χ4v) is 4.85. The van der Waals surface area contributed by atoms with Crippen molar-refractivity contribution in [3.05, 3.63) is 53.1 Å². The molecule has 1 fully saturated rings. The van der Waals surface area contributed by atoms with Gasteiger partial charge < -0.3 is 29.3 Å². The number of fused-ring (bicyclic) bond motifs is 1. The molecule has 0 saturated carbocycles. The number of hydrogen-bond donors (Lipinski definition) is 1. The summed E-state index contributed by atoms with van der Waals surface area (Å²) >= 11 is 0. The van der Waals surface area contributed by atoms with Crippen molar-refractivity contribution in [3.8, 4) is 17.2 Å². The first-order valence-electron chi connectivity index (χ1n) is 11.7. The van der Waals surface area contributed by atoms with Gasteiger partial charge in [0, 0.05) is 19.6 Å². The number of amides is 3. The fraction of sp³-hybridized carbons (Fsp3) is 0.462. The number of nitrogens with one attached hydrogen (secondary N) is 1. The first-order valence-corrected chi connectivity index (χ1v) is 11.7. The molecule has 1 N–H and O–H groups in total.